The van der Waals surface area contributed by atoms with Crippen LogP contribution < -0.4 is 5.32 Å². The van der Waals surface area contributed by atoms with Crippen LogP contribution in [0.1, 0.15) is 15.9 Å². The lowest BCUT2D eigenvalue weighted by Crippen LogP contribution is -2.24. The van der Waals surface area contributed by atoms with E-state index in [0.717, 1.165) is 17.9 Å². The van der Waals surface area contributed by atoms with Crippen LogP contribution in [0, 0.1) is 5.82 Å². The van der Waals surface area contributed by atoms with E-state index in [1.807, 2.05) is 30.8 Å². The second-order valence-corrected chi connectivity index (χ2v) is 6.60. The lowest BCUT2D eigenvalue weighted by molar-refractivity contribution is 0.0956. The predicted molar refractivity (Wildman–Crippen MR) is 94.9 cm³/mol. The summed E-state index contributed by atoms with van der Waals surface area (Å²) in [5, 5.41) is 2.81. The Morgan fingerprint density at radius 3 is 2.72 bits per heavy atom. The van der Waals surface area contributed by atoms with Crippen LogP contribution in [-0.2, 0) is 13.1 Å². The Bertz CT molecular complexity index is 960. The van der Waals surface area contributed by atoms with Crippen molar-refractivity contribution in [3.05, 3.63) is 53.3 Å². The van der Waals surface area contributed by atoms with Gasteiger partial charge in [-0.1, -0.05) is 24.3 Å². The van der Waals surface area contributed by atoms with Crippen molar-refractivity contribution in [2.24, 2.45) is 0 Å². The molecule has 3 aromatic rings. The zero-order chi connectivity index (χ0) is 17.6. The summed E-state index contributed by atoms with van der Waals surface area (Å²) in [6.07, 6.45) is 0. The van der Waals surface area contributed by atoms with Gasteiger partial charge in [0.05, 0.1) is 16.6 Å². The van der Waals surface area contributed by atoms with Crippen LogP contribution in [0.5, 0.6) is 0 Å². The average Bonchev–Trinajstić information content (AvgIpc) is 2.83. The predicted octanol–water partition coefficient (Wildman–Crippen LogP) is 2.65. The molecule has 25 heavy (non-hydrogen) atoms. The molecule has 0 bridgehead atoms. The van der Waals surface area contributed by atoms with Gasteiger partial charge >= 0.3 is 0 Å². The Kier molecular flexibility index (Phi) is 3.77. The van der Waals surface area contributed by atoms with E-state index >= 15 is 0 Å². The number of imidazole rings is 1. The minimum absolute atomic E-state index is 0.254. The molecule has 1 N–H and O–H groups in total. The molecule has 0 atom stereocenters. The number of halogens is 1. The first-order valence-corrected chi connectivity index (χ1v) is 8.25. The van der Waals surface area contributed by atoms with E-state index in [9.17, 15) is 9.18 Å². The van der Waals surface area contributed by atoms with E-state index in [0.29, 0.717) is 29.7 Å². The van der Waals surface area contributed by atoms with Gasteiger partial charge in [0, 0.05) is 31.3 Å². The topological polar surface area (TPSA) is 50.2 Å². The van der Waals surface area contributed by atoms with Crippen molar-refractivity contribution in [2.75, 3.05) is 20.6 Å². The van der Waals surface area contributed by atoms with Gasteiger partial charge in [-0.15, -0.1) is 0 Å². The van der Waals surface area contributed by atoms with Crippen LogP contribution in [0.4, 0.5) is 4.39 Å². The van der Waals surface area contributed by atoms with E-state index in [2.05, 4.69) is 27.3 Å². The SMILES string of the molecule is CN(C)Cc1ccc(-c2nc3cc(F)cc4c3n2CCNC4=O)cc1. The summed E-state index contributed by atoms with van der Waals surface area (Å²) in [5.41, 5.74) is 3.72. The maximum absolute atomic E-state index is 13.9. The molecule has 128 valence electrons. The fraction of sp³-hybridized carbons (Fsp3) is 0.263. The summed E-state index contributed by atoms with van der Waals surface area (Å²) < 4.78 is 15.9. The molecule has 0 spiro atoms. The molecular weight excluding hydrogens is 319 g/mol. The molecule has 2 aromatic carbocycles. The number of benzene rings is 2. The number of hydrogen-bond acceptors (Lipinski definition) is 3. The van der Waals surface area contributed by atoms with Crippen molar-refractivity contribution < 1.29 is 9.18 Å². The molecule has 0 saturated carbocycles. The molecule has 4 rings (SSSR count). The lowest BCUT2D eigenvalue weighted by Gasteiger charge is -2.11. The molecule has 1 aromatic heterocycles. The largest absolute Gasteiger partial charge is 0.350 e. The molecule has 0 fully saturated rings. The van der Waals surface area contributed by atoms with Crippen molar-refractivity contribution in [1.82, 2.24) is 19.8 Å². The normalized spacial score (nSPS) is 14.0. The van der Waals surface area contributed by atoms with E-state index in [-0.39, 0.29) is 5.91 Å². The van der Waals surface area contributed by atoms with Crippen LogP contribution >= 0.6 is 0 Å². The molecule has 0 unspecified atom stereocenters. The second kappa shape index (κ2) is 5.97. The third-order valence-electron chi connectivity index (χ3n) is 4.38. The minimum Gasteiger partial charge on any atom is -0.350 e. The number of rotatable bonds is 3. The molecule has 5 nitrogen and oxygen atoms in total. The first-order chi connectivity index (χ1) is 12.0. The van der Waals surface area contributed by atoms with Gasteiger partial charge in [0.25, 0.3) is 5.91 Å². The highest BCUT2D eigenvalue weighted by Crippen LogP contribution is 2.29. The smallest absolute Gasteiger partial charge is 0.253 e. The van der Waals surface area contributed by atoms with E-state index in [1.54, 1.807) is 0 Å². The lowest BCUT2D eigenvalue weighted by atomic mass is 10.1. The molecule has 2 heterocycles. The summed E-state index contributed by atoms with van der Waals surface area (Å²) >= 11 is 0. The highest BCUT2D eigenvalue weighted by molar-refractivity contribution is 6.06. The van der Waals surface area contributed by atoms with Crippen molar-refractivity contribution in [3.63, 3.8) is 0 Å². The van der Waals surface area contributed by atoms with Crippen molar-refractivity contribution in [2.45, 2.75) is 13.1 Å². The molecule has 1 aliphatic rings. The Labute approximate surface area is 145 Å². The highest BCUT2D eigenvalue weighted by Gasteiger charge is 2.23. The maximum Gasteiger partial charge on any atom is 0.253 e. The summed E-state index contributed by atoms with van der Waals surface area (Å²) in [6, 6.07) is 10.9. The monoisotopic (exact) mass is 338 g/mol. The Morgan fingerprint density at radius 2 is 2.00 bits per heavy atom. The van der Waals surface area contributed by atoms with Crippen LogP contribution in [0.2, 0.25) is 0 Å². The fourth-order valence-corrected chi connectivity index (χ4v) is 3.35. The Morgan fingerprint density at radius 1 is 1.24 bits per heavy atom. The van der Waals surface area contributed by atoms with Gasteiger partial charge in [-0.25, -0.2) is 9.37 Å². The Hall–Kier alpha value is -2.73. The van der Waals surface area contributed by atoms with Gasteiger partial charge < -0.3 is 14.8 Å². The van der Waals surface area contributed by atoms with E-state index in [4.69, 9.17) is 0 Å². The van der Waals surface area contributed by atoms with Crippen molar-refractivity contribution in [3.8, 4) is 11.4 Å². The maximum atomic E-state index is 13.9. The molecular formula is C19H19FN4O. The number of amides is 1. The third-order valence-corrected chi connectivity index (χ3v) is 4.38. The van der Waals surface area contributed by atoms with Crippen LogP contribution in [0.25, 0.3) is 22.4 Å². The van der Waals surface area contributed by atoms with E-state index < -0.39 is 5.82 Å². The molecule has 1 amide bonds. The summed E-state index contributed by atoms with van der Waals surface area (Å²) in [7, 11) is 4.06. The summed E-state index contributed by atoms with van der Waals surface area (Å²) in [5.74, 6) is 0.0582. The molecule has 6 heteroatoms. The fourth-order valence-electron chi connectivity index (χ4n) is 3.35. The van der Waals surface area contributed by atoms with Gasteiger partial charge in [-0.3, -0.25) is 4.79 Å². The van der Waals surface area contributed by atoms with Crippen LogP contribution in [0.3, 0.4) is 0 Å². The standard InChI is InChI=1S/C19H19FN4O/c1-23(2)11-12-3-5-13(6-4-12)18-22-16-10-14(20)9-15-17(16)24(18)8-7-21-19(15)25/h3-6,9-10H,7-8,11H2,1-2H3,(H,21,25). The number of carbonyl (C=O) groups excluding carboxylic acids is 1. The van der Waals surface area contributed by atoms with Crippen LogP contribution in [0.15, 0.2) is 36.4 Å². The molecule has 0 saturated heterocycles. The Balaban J connectivity index is 1.86. The second-order valence-electron chi connectivity index (χ2n) is 6.60. The average molecular weight is 338 g/mol. The number of carbonyl (C=O) groups is 1. The third kappa shape index (κ3) is 2.78. The van der Waals surface area contributed by atoms with Crippen molar-refractivity contribution in [1.29, 1.82) is 0 Å². The molecule has 1 aliphatic heterocycles. The highest BCUT2D eigenvalue weighted by atomic mass is 19.1. The first kappa shape index (κ1) is 15.8. The van der Waals surface area contributed by atoms with Crippen LogP contribution in [-0.4, -0.2) is 41.0 Å². The minimum atomic E-state index is -0.447. The van der Waals surface area contributed by atoms with Gasteiger partial charge in [0.2, 0.25) is 0 Å². The zero-order valence-corrected chi connectivity index (χ0v) is 14.2. The quantitative estimate of drug-likeness (QED) is 0.799. The van der Waals surface area contributed by atoms with Gasteiger partial charge in [-0.05, 0) is 25.7 Å². The van der Waals surface area contributed by atoms with Gasteiger partial charge in [-0.2, -0.15) is 0 Å². The summed E-state index contributed by atoms with van der Waals surface area (Å²) in [4.78, 5) is 18.9. The number of nitrogens with zero attached hydrogens (tertiary/aromatic N) is 3. The number of nitrogens with one attached hydrogen (secondary N) is 1. The molecule has 0 radical (unpaired) electrons. The first-order valence-electron chi connectivity index (χ1n) is 8.25. The van der Waals surface area contributed by atoms with Gasteiger partial charge in [0.1, 0.15) is 11.6 Å². The zero-order valence-electron chi connectivity index (χ0n) is 14.2. The van der Waals surface area contributed by atoms with Gasteiger partial charge in [0.15, 0.2) is 0 Å². The molecule has 0 aliphatic carbocycles. The number of hydrogen-bond donors (Lipinski definition) is 1. The van der Waals surface area contributed by atoms with E-state index in [1.165, 1.54) is 17.7 Å². The number of aromatic nitrogens is 2. The van der Waals surface area contributed by atoms with Crippen molar-refractivity contribution >= 4 is 16.9 Å². The summed E-state index contributed by atoms with van der Waals surface area (Å²) in [6.45, 7) is 1.96.